The molecule has 4 heteroatoms. The van der Waals surface area contributed by atoms with Crippen LogP contribution in [-0.4, -0.2) is 66.3 Å². The molecule has 0 aliphatic carbocycles. The monoisotopic (exact) mass is 380 g/mol. The van der Waals surface area contributed by atoms with E-state index >= 15 is 0 Å². The van der Waals surface area contributed by atoms with E-state index in [1.807, 2.05) is 0 Å². The van der Waals surface area contributed by atoms with Crippen molar-refractivity contribution in [2.24, 2.45) is 0 Å². The predicted octanol–water partition coefficient (Wildman–Crippen LogP) is -1.14. The van der Waals surface area contributed by atoms with Gasteiger partial charge in [-0.1, -0.05) is 0 Å². The summed E-state index contributed by atoms with van der Waals surface area (Å²) in [6.07, 6.45) is 0. The van der Waals surface area contributed by atoms with Crippen LogP contribution in [0.3, 0.4) is 0 Å². The first-order chi connectivity index (χ1) is 0. The Bertz CT molecular complexity index is 8.00. The minimum Gasteiger partial charge on any atom is 0 e. The van der Waals surface area contributed by atoms with Gasteiger partial charge in [0.25, 0.3) is 0 Å². The zero-order chi connectivity index (χ0) is 0. The molecule has 16 valence electrons. The van der Waals surface area contributed by atoms with E-state index < -0.39 is 0 Å². The van der Waals surface area contributed by atoms with E-state index in [0.717, 1.165) is 0 Å². The molecular weight excluding hydrogens is 381 g/mol. The third kappa shape index (κ3) is 8.84. The maximum atomic E-state index is 0. The first-order valence-corrected chi connectivity index (χ1v) is 0. The smallest absolute Gasteiger partial charge is 0 e. The molecule has 0 nitrogen and oxygen atoms in total. The van der Waals surface area contributed by atoms with Crippen molar-refractivity contribution in [1.29, 1.82) is 0 Å². The molecule has 4 heavy (non-hydrogen) atoms. The number of rotatable bonds is 0. The molecule has 0 aromatic rings. The second-order valence-electron chi connectivity index (χ2n) is 0. The quantitative estimate of drug-likeness (QED) is 0.466. The largest absolute Gasteiger partial charge is 0 e. The van der Waals surface area contributed by atoms with Crippen LogP contribution in [0.25, 0.3) is 0 Å². The minimum absolute atomic E-state index is 0. The van der Waals surface area contributed by atoms with E-state index in [0.29, 0.717) is 0 Å². The number of hydrogen-bond acceptors (Lipinski definition) is 0. The van der Waals surface area contributed by atoms with Crippen LogP contribution >= 0.6 is 0 Å². The van der Waals surface area contributed by atoms with Crippen molar-refractivity contribution in [1.82, 2.24) is 0 Å². The molecule has 0 saturated carbocycles. The third-order valence-corrected chi connectivity index (χ3v) is 0. The summed E-state index contributed by atoms with van der Waals surface area (Å²) < 4.78 is 0. The Morgan fingerprint density at radius 1 is 1.00 bits per heavy atom. The fourth-order valence-corrected chi connectivity index (χ4v) is 0. The molecule has 0 atom stereocenters. The van der Waals surface area contributed by atoms with Gasteiger partial charge in [-0.3, -0.25) is 0 Å². The average molecular weight is 381 g/mol. The number of hydrogen-bond donors (Lipinski definition) is 0. The Morgan fingerprint density at radius 2 is 1.00 bits per heavy atom. The third-order valence-electron chi connectivity index (χ3n) is 0. The Hall–Kier alpha value is 2.80. The molecule has 0 rings (SSSR count). The molecule has 0 unspecified atom stereocenters. The fraction of sp³-hybridized carbons (Fsp3) is 0. The Morgan fingerprint density at radius 3 is 1.00 bits per heavy atom. The van der Waals surface area contributed by atoms with Crippen LogP contribution in [-0.2, 0) is 19.5 Å². The van der Waals surface area contributed by atoms with Gasteiger partial charge in [-0.25, -0.2) is 0 Å². The van der Waals surface area contributed by atoms with Gasteiger partial charge in [-0.05, 0) is 0 Å². The summed E-state index contributed by atoms with van der Waals surface area (Å²) in [7, 11) is 0. The van der Waals surface area contributed by atoms with Crippen molar-refractivity contribution < 1.29 is 19.5 Å². The zero-order valence-electron chi connectivity index (χ0n) is 2.10. The maximum Gasteiger partial charge on any atom is 0 e. The standard InChI is InChI=1S/As.Sb.Sn.Zn. The van der Waals surface area contributed by atoms with Gasteiger partial charge in [-0.15, -0.1) is 0 Å². The van der Waals surface area contributed by atoms with Crippen LogP contribution < -0.4 is 0 Å². The molecule has 0 aliphatic rings. The molecule has 0 aromatic carbocycles. The first kappa shape index (κ1) is 29.2. The van der Waals surface area contributed by atoms with Gasteiger partial charge in [0.15, 0.2) is 0 Å². The topological polar surface area (TPSA) is 0 Å². The first-order valence-electron chi connectivity index (χ1n) is 0. The van der Waals surface area contributed by atoms with Gasteiger partial charge >= 0.3 is 0 Å². The Kier molecular flexibility index (Phi) is 124. The Labute approximate surface area is 84.3 Å². The van der Waals surface area contributed by atoms with Crippen LogP contribution in [0.15, 0.2) is 0 Å². The summed E-state index contributed by atoms with van der Waals surface area (Å²) in [6, 6.07) is 0. The van der Waals surface area contributed by atoms with Crippen LogP contribution in [0.2, 0.25) is 0 Å². The molecular formula is AsSbSnZn. The zero-order valence-corrected chi connectivity index (χ0v) is 12.4. The van der Waals surface area contributed by atoms with E-state index in [-0.39, 0.29) is 85.8 Å². The van der Waals surface area contributed by atoms with Gasteiger partial charge in [-0.2, -0.15) is 0 Å². The summed E-state index contributed by atoms with van der Waals surface area (Å²) in [6.45, 7) is 0. The molecule has 0 bridgehead atoms. The van der Waals surface area contributed by atoms with Crippen LogP contribution in [0.4, 0.5) is 0 Å². The summed E-state index contributed by atoms with van der Waals surface area (Å²) in [4.78, 5) is 0. The van der Waals surface area contributed by atoms with Gasteiger partial charge in [0.2, 0.25) is 0 Å². The van der Waals surface area contributed by atoms with E-state index in [1.54, 1.807) is 0 Å². The second kappa shape index (κ2) is 17.0. The normalized spacial score (nSPS) is 0. The molecule has 0 N–H and O–H groups in total. The van der Waals surface area contributed by atoms with E-state index in [2.05, 4.69) is 0 Å². The SMILES string of the molecule is [As].[Sb].[Sn].[Zn]. The Balaban J connectivity index is 0. The predicted molar refractivity (Wildman–Crippen MR) is 17.3 cm³/mol. The van der Waals surface area contributed by atoms with Gasteiger partial charge in [0.05, 0.1) is 0 Å². The van der Waals surface area contributed by atoms with Gasteiger partial charge < -0.3 is 0 Å². The molecule has 0 spiro atoms. The van der Waals surface area contributed by atoms with E-state index in [9.17, 15) is 0 Å². The molecule has 0 heterocycles. The van der Waals surface area contributed by atoms with E-state index in [4.69, 9.17) is 0 Å². The van der Waals surface area contributed by atoms with Crippen molar-refractivity contribution in [2.45, 2.75) is 0 Å². The van der Waals surface area contributed by atoms with Crippen LogP contribution in [0.5, 0.6) is 0 Å². The molecule has 10 radical (unpaired) electrons. The van der Waals surface area contributed by atoms with Crippen molar-refractivity contribution in [2.75, 3.05) is 0 Å². The summed E-state index contributed by atoms with van der Waals surface area (Å²) in [5, 5.41) is 0. The van der Waals surface area contributed by atoms with Gasteiger partial charge in [0.1, 0.15) is 0 Å². The summed E-state index contributed by atoms with van der Waals surface area (Å²) in [5.41, 5.74) is 0. The van der Waals surface area contributed by atoms with Crippen molar-refractivity contribution >= 4 is 66.3 Å². The minimum atomic E-state index is 0. The van der Waals surface area contributed by atoms with Crippen molar-refractivity contribution in [3.63, 3.8) is 0 Å². The average Bonchev–Trinajstić information content (AvgIpc) is 0. The summed E-state index contributed by atoms with van der Waals surface area (Å²) >= 11 is 0. The molecule has 0 fully saturated rings. The molecule has 0 saturated heterocycles. The van der Waals surface area contributed by atoms with Gasteiger partial charge in [0, 0.05) is 85.8 Å². The second-order valence-corrected chi connectivity index (χ2v) is 0. The molecule has 0 aliphatic heterocycles. The van der Waals surface area contributed by atoms with Crippen molar-refractivity contribution in [3.8, 4) is 0 Å². The van der Waals surface area contributed by atoms with Crippen LogP contribution in [0, 0.1) is 0 Å². The fourth-order valence-electron chi connectivity index (χ4n) is 0. The van der Waals surface area contributed by atoms with Crippen molar-refractivity contribution in [3.05, 3.63) is 0 Å². The van der Waals surface area contributed by atoms with Crippen LogP contribution in [0.1, 0.15) is 0 Å². The molecule has 0 amide bonds. The van der Waals surface area contributed by atoms with E-state index in [1.165, 1.54) is 0 Å². The maximum absolute atomic E-state index is 0. The molecule has 0 aromatic heterocycles. The summed E-state index contributed by atoms with van der Waals surface area (Å²) in [5.74, 6) is 0.